The van der Waals surface area contributed by atoms with Crippen molar-refractivity contribution in [1.82, 2.24) is 10.0 Å². The number of hydrogen-bond acceptors (Lipinski definition) is 4. The normalized spacial score (nSPS) is 13.6. The molecule has 184 valence electrons. The molecule has 0 saturated carbocycles. The van der Waals surface area contributed by atoms with Crippen LogP contribution in [0, 0.1) is 0 Å². The molecule has 4 rings (SSSR count). The van der Waals surface area contributed by atoms with E-state index < -0.39 is 29.5 Å². The minimum Gasteiger partial charge on any atom is -0.292 e. The SMILES string of the molecule is C[C@@H](C(=O)c1ccccc1)N(C(=O)c1ccc(Cl)c(Cl)c1)N1C(=O)c2c(Cl)c(Cl)c(Cl)c(Cl)c2C1=O. The van der Waals surface area contributed by atoms with Crippen LogP contribution in [0.2, 0.25) is 30.1 Å². The van der Waals surface area contributed by atoms with E-state index in [4.69, 9.17) is 69.6 Å². The van der Waals surface area contributed by atoms with E-state index in [2.05, 4.69) is 0 Å². The minimum atomic E-state index is -1.33. The molecule has 0 radical (unpaired) electrons. The van der Waals surface area contributed by atoms with Crippen molar-refractivity contribution >= 4 is 93.1 Å². The van der Waals surface area contributed by atoms with Gasteiger partial charge in [-0.15, -0.1) is 0 Å². The van der Waals surface area contributed by atoms with E-state index in [9.17, 15) is 19.2 Å². The quantitative estimate of drug-likeness (QED) is 0.131. The third-order valence-corrected chi connectivity index (χ3v) is 8.02. The fourth-order valence-electron chi connectivity index (χ4n) is 3.69. The fourth-order valence-corrected chi connectivity index (χ4v) is 5.00. The molecule has 0 N–H and O–H groups in total. The number of Topliss-reactive ketones (excluding diaryl/α,β-unsaturated/α-hetero) is 1. The number of benzene rings is 3. The molecule has 0 spiro atoms. The second-order valence-corrected chi connectivity index (χ2v) is 9.94. The fraction of sp³-hybridized carbons (Fsp3) is 0.0833. The summed E-state index contributed by atoms with van der Waals surface area (Å²) in [5.74, 6) is -3.46. The highest BCUT2D eigenvalue weighted by molar-refractivity contribution is 6.55. The summed E-state index contributed by atoms with van der Waals surface area (Å²) in [4.78, 5) is 54.1. The molecule has 0 fully saturated rings. The zero-order valence-electron chi connectivity index (χ0n) is 18.0. The molecule has 0 aromatic heterocycles. The summed E-state index contributed by atoms with van der Waals surface area (Å²) in [5.41, 5.74) is -0.475. The van der Waals surface area contributed by atoms with Gasteiger partial charge in [-0.2, -0.15) is 5.01 Å². The summed E-state index contributed by atoms with van der Waals surface area (Å²) in [6.07, 6.45) is 0. The summed E-state index contributed by atoms with van der Waals surface area (Å²) >= 11 is 36.7. The number of imide groups is 1. The van der Waals surface area contributed by atoms with E-state index in [1.165, 1.54) is 37.3 Å². The predicted octanol–water partition coefficient (Wildman–Crippen LogP) is 7.53. The zero-order valence-corrected chi connectivity index (χ0v) is 22.5. The van der Waals surface area contributed by atoms with Gasteiger partial charge in [-0.3, -0.25) is 19.2 Å². The number of amides is 3. The molecule has 1 aliphatic rings. The second-order valence-electron chi connectivity index (χ2n) is 7.61. The van der Waals surface area contributed by atoms with Crippen molar-refractivity contribution in [2.24, 2.45) is 0 Å². The number of nitrogens with zero attached hydrogens (tertiary/aromatic N) is 2. The van der Waals surface area contributed by atoms with Crippen molar-refractivity contribution in [3.8, 4) is 0 Å². The lowest BCUT2D eigenvalue weighted by Gasteiger charge is -2.34. The zero-order chi connectivity index (χ0) is 26.5. The highest BCUT2D eigenvalue weighted by Gasteiger charge is 2.48. The van der Waals surface area contributed by atoms with Gasteiger partial charge in [0, 0.05) is 11.1 Å². The first-order valence-electron chi connectivity index (χ1n) is 10.1. The standard InChI is InChI=1S/C24H12Cl6N2O4/c1-10(21(33)11-5-3-2-4-6-11)31(22(34)12-7-8-13(25)14(26)9-12)32-23(35)15-16(24(32)36)18(28)20(30)19(29)17(15)27/h2-10H,1H3/t10-/m0/s1. The smallest absolute Gasteiger partial charge is 0.282 e. The maximum atomic E-state index is 13.7. The number of rotatable bonds is 5. The Morgan fingerprint density at radius 2 is 1.25 bits per heavy atom. The Morgan fingerprint density at radius 1 is 0.722 bits per heavy atom. The van der Waals surface area contributed by atoms with Gasteiger partial charge in [0.15, 0.2) is 5.78 Å². The van der Waals surface area contributed by atoms with Gasteiger partial charge >= 0.3 is 0 Å². The van der Waals surface area contributed by atoms with Crippen molar-refractivity contribution in [1.29, 1.82) is 0 Å². The highest BCUT2D eigenvalue weighted by Crippen LogP contribution is 2.45. The maximum absolute atomic E-state index is 13.7. The van der Waals surface area contributed by atoms with Gasteiger partial charge in [0.2, 0.25) is 0 Å². The summed E-state index contributed by atoms with van der Waals surface area (Å²) in [7, 11) is 0. The van der Waals surface area contributed by atoms with Crippen LogP contribution in [0.4, 0.5) is 0 Å². The van der Waals surface area contributed by atoms with Crippen molar-refractivity contribution in [3.05, 3.63) is 101 Å². The molecule has 0 aliphatic carbocycles. The van der Waals surface area contributed by atoms with Crippen LogP contribution in [0.1, 0.15) is 48.4 Å². The van der Waals surface area contributed by atoms with Crippen molar-refractivity contribution < 1.29 is 19.2 Å². The molecule has 3 amide bonds. The van der Waals surface area contributed by atoms with E-state index in [-0.39, 0.29) is 52.4 Å². The van der Waals surface area contributed by atoms with Gasteiger partial charge in [-0.05, 0) is 25.1 Å². The third-order valence-electron chi connectivity index (χ3n) is 5.47. The van der Waals surface area contributed by atoms with E-state index in [1.54, 1.807) is 18.2 Å². The molecule has 0 bridgehead atoms. The van der Waals surface area contributed by atoms with Crippen LogP contribution in [0.15, 0.2) is 48.5 Å². The minimum absolute atomic E-state index is 0.0399. The Labute approximate surface area is 235 Å². The van der Waals surface area contributed by atoms with Crippen LogP contribution >= 0.6 is 69.6 Å². The Morgan fingerprint density at radius 3 is 1.75 bits per heavy atom. The molecule has 0 saturated heterocycles. The van der Waals surface area contributed by atoms with Crippen LogP contribution in [0.3, 0.4) is 0 Å². The Balaban J connectivity index is 1.89. The first kappa shape index (κ1) is 26.7. The molecule has 36 heavy (non-hydrogen) atoms. The summed E-state index contributed by atoms with van der Waals surface area (Å²) in [6, 6.07) is 10.7. The average Bonchev–Trinajstić information content (AvgIpc) is 3.13. The molecule has 6 nitrogen and oxygen atoms in total. The van der Waals surface area contributed by atoms with Gasteiger partial charge in [0.25, 0.3) is 17.7 Å². The predicted molar refractivity (Wildman–Crippen MR) is 140 cm³/mol. The average molecular weight is 605 g/mol. The first-order valence-corrected chi connectivity index (χ1v) is 12.4. The van der Waals surface area contributed by atoms with Gasteiger partial charge in [-0.1, -0.05) is 99.9 Å². The van der Waals surface area contributed by atoms with Crippen LogP contribution in [-0.4, -0.2) is 39.6 Å². The van der Waals surface area contributed by atoms with E-state index in [1.807, 2.05) is 0 Å². The third kappa shape index (κ3) is 4.36. The lowest BCUT2D eigenvalue weighted by Crippen LogP contribution is -2.56. The van der Waals surface area contributed by atoms with Gasteiger partial charge in [0.05, 0.1) is 41.3 Å². The second kappa shape index (κ2) is 10.2. The van der Waals surface area contributed by atoms with E-state index in [0.717, 1.165) is 5.01 Å². The molecule has 3 aromatic rings. The lowest BCUT2D eigenvalue weighted by molar-refractivity contribution is -0.00679. The largest absolute Gasteiger partial charge is 0.292 e. The molecular weight excluding hydrogens is 593 g/mol. The highest BCUT2D eigenvalue weighted by atomic mass is 35.5. The van der Waals surface area contributed by atoms with Gasteiger partial charge in [-0.25, -0.2) is 5.01 Å². The molecule has 0 unspecified atom stereocenters. The van der Waals surface area contributed by atoms with Crippen LogP contribution in [-0.2, 0) is 0 Å². The monoisotopic (exact) mass is 602 g/mol. The number of fused-ring (bicyclic) bond motifs is 1. The van der Waals surface area contributed by atoms with E-state index >= 15 is 0 Å². The lowest BCUT2D eigenvalue weighted by atomic mass is 10.0. The molecule has 1 atom stereocenters. The van der Waals surface area contributed by atoms with Crippen LogP contribution in [0.25, 0.3) is 0 Å². The molecule has 12 heteroatoms. The van der Waals surface area contributed by atoms with Gasteiger partial charge in [0.1, 0.15) is 6.04 Å². The maximum Gasteiger partial charge on any atom is 0.282 e. The number of ketones is 1. The van der Waals surface area contributed by atoms with Crippen molar-refractivity contribution in [2.45, 2.75) is 13.0 Å². The van der Waals surface area contributed by atoms with Gasteiger partial charge < -0.3 is 0 Å². The number of carbonyl (C=O) groups excluding carboxylic acids is 4. The Bertz CT molecular complexity index is 1410. The summed E-state index contributed by atoms with van der Waals surface area (Å²) < 4.78 is 0. The van der Waals surface area contributed by atoms with E-state index in [0.29, 0.717) is 5.01 Å². The van der Waals surface area contributed by atoms with Crippen molar-refractivity contribution in [2.75, 3.05) is 0 Å². The summed E-state index contributed by atoms with van der Waals surface area (Å²) in [5, 5.41) is 0.367. The molecular formula is C24H12Cl6N2O4. The topological polar surface area (TPSA) is 74.8 Å². The van der Waals surface area contributed by atoms with Crippen LogP contribution < -0.4 is 0 Å². The Kier molecular flexibility index (Phi) is 7.58. The molecule has 1 heterocycles. The molecule has 3 aromatic carbocycles. The number of hydrazine groups is 1. The number of halogens is 6. The number of hydrogen-bond donors (Lipinski definition) is 0. The first-order chi connectivity index (χ1) is 17.0. The van der Waals surface area contributed by atoms with Crippen molar-refractivity contribution in [3.63, 3.8) is 0 Å². The molecule has 1 aliphatic heterocycles. The Hall–Kier alpha value is -2.32. The number of carbonyl (C=O) groups is 4. The van der Waals surface area contributed by atoms with Crippen LogP contribution in [0.5, 0.6) is 0 Å². The summed E-state index contributed by atoms with van der Waals surface area (Å²) in [6.45, 7) is 1.37.